The summed E-state index contributed by atoms with van der Waals surface area (Å²) in [6, 6.07) is 9.90. The van der Waals surface area contributed by atoms with Crippen LogP contribution >= 0.6 is 23.2 Å². The minimum Gasteiger partial charge on any atom is -0.452 e. The quantitative estimate of drug-likeness (QED) is 0.627. The number of alkyl halides is 3. The van der Waals surface area contributed by atoms with Crippen LogP contribution in [0.3, 0.4) is 0 Å². The van der Waals surface area contributed by atoms with Crippen LogP contribution in [-0.2, 0) is 15.2 Å². The molecule has 1 atom stereocenters. The highest BCUT2D eigenvalue weighted by Gasteiger charge is 2.62. The number of ether oxygens (including phenoxy) is 1. The van der Waals surface area contributed by atoms with Crippen molar-refractivity contribution in [2.75, 3.05) is 12.5 Å². The van der Waals surface area contributed by atoms with Crippen molar-refractivity contribution < 1.29 is 27.5 Å². The Morgan fingerprint density at radius 1 is 1.21 bits per heavy atom. The van der Waals surface area contributed by atoms with Crippen LogP contribution in [0.5, 0.6) is 0 Å². The molecule has 1 amide bonds. The van der Waals surface area contributed by atoms with E-state index in [9.17, 15) is 18.0 Å². The molecule has 0 bridgehead atoms. The van der Waals surface area contributed by atoms with Crippen molar-refractivity contribution >= 4 is 40.7 Å². The van der Waals surface area contributed by atoms with E-state index in [0.29, 0.717) is 11.3 Å². The maximum atomic E-state index is 14.0. The third-order valence-corrected chi connectivity index (χ3v) is 4.64. The van der Waals surface area contributed by atoms with Crippen LogP contribution in [0.15, 0.2) is 47.6 Å². The Bertz CT molecular complexity index is 949. The van der Waals surface area contributed by atoms with Crippen LogP contribution in [0.4, 0.5) is 23.7 Å². The van der Waals surface area contributed by atoms with Gasteiger partial charge in [-0.3, -0.25) is 5.43 Å². The number of oxime groups is 1. The summed E-state index contributed by atoms with van der Waals surface area (Å²) >= 11 is 11.8. The van der Waals surface area contributed by atoms with Crippen LogP contribution in [0.2, 0.25) is 10.0 Å². The summed E-state index contributed by atoms with van der Waals surface area (Å²) in [6.07, 6.45) is -6.10. The Hall–Kier alpha value is -2.65. The lowest BCUT2D eigenvalue weighted by atomic mass is 9.86. The second-order valence-electron chi connectivity index (χ2n) is 6.11. The molecule has 0 saturated heterocycles. The molecule has 0 aromatic heterocycles. The van der Waals surface area contributed by atoms with Gasteiger partial charge in [-0.05, 0) is 30.3 Å². The van der Waals surface area contributed by atoms with E-state index in [2.05, 4.69) is 20.7 Å². The number of halogens is 5. The number of hydrogen-bond acceptors (Lipinski definition) is 5. The Labute approximate surface area is 173 Å². The third kappa shape index (κ3) is 4.35. The molecule has 11 heteroatoms. The number of carbonyl (C=O) groups excluding carboxylic acids is 1. The zero-order valence-corrected chi connectivity index (χ0v) is 16.3. The Kier molecular flexibility index (Phi) is 5.81. The van der Waals surface area contributed by atoms with E-state index >= 15 is 0 Å². The zero-order valence-electron chi connectivity index (χ0n) is 14.8. The molecular formula is C18H14Cl2F3N3O3. The number of nitrogens with one attached hydrogen (secondary N) is 2. The van der Waals surface area contributed by atoms with Crippen molar-refractivity contribution in [1.82, 2.24) is 5.43 Å². The molecule has 29 heavy (non-hydrogen) atoms. The van der Waals surface area contributed by atoms with E-state index < -0.39 is 24.3 Å². The highest BCUT2D eigenvalue weighted by molar-refractivity contribution is 6.34. The largest absolute Gasteiger partial charge is 0.452 e. The maximum Gasteiger partial charge on any atom is 0.435 e. The van der Waals surface area contributed by atoms with Crippen LogP contribution in [0.25, 0.3) is 0 Å². The Balaban J connectivity index is 1.90. The first kappa shape index (κ1) is 21.1. The minimum absolute atomic E-state index is 0.0493. The molecule has 2 aromatic carbocycles. The predicted octanol–water partition coefficient (Wildman–Crippen LogP) is 5.26. The molecule has 1 aliphatic rings. The van der Waals surface area contributed by atoms with Crippen molar-refractivity contribution in [2.24, 2.45) is 5.16 Å². The topological polar surface area (TPSA) is 72.0 Å². The molecule has 3 rings (SSSR count). The van der Waals surface area contributed by atoms with Gasteiger partial charge in [-0.2, -0.15) is 13.2 Å². The second-order valence-corrected chi connectivity index (χ2v) is 6.98. The summed E-state index contributed by atoms with van der Waals surface area (Å²) in [5.41, 5.74) is 2.72. The molecule has 0 radical (unpaired) electrons. The van der Waals surface area contributed by atoms with Crippen LogP contribution in [-0.4, -0.2) is 25.1 Å². The van der Waals surface area contributed by atoms with Crippen molar-refractivity contribution in [3.63, 3.8) is 0 Å². The lowest BCUT2D eigenvalue weighted by Gasteiger charge is -2.29. The van der Waals surface area contributed by atoms with Crippen LogP contribution in [0.1, 0.15) is 17.5 Å². The van der Waals surface area contributed by atoms with E-state index in [1.165, 1.54) is 19.2 Å². The fourth-order valence-electron chi connectivity index (χ4n) is 2.80. The summed E-state index contributed by atoms with van der Waals surface area (Å²) in [6.45, 7) is 0. The second kappa shape index (κ2) is 8.00. The molecule has 2 N–H and O–H groups in total. The summed E-state index contributed by atoms with van der Waals surface area (Å²) < 4.78 is 46.5. The first-order valence-corrected chi connectivity index (χ1v) is 8.89. The number of benzene rings is 2. The average Bonchev–Trinajstić information content (AvgIpc) is 3.12. The monoisotopic (exact) mass is 447 g/mol. The van der Waals surface area contributed by atoms with Gasteiger partial charge in [0.25, 0.3) is 5.60 Å². The summed E-state index contributed by atoms with van der Waals surface area (Å²) in [7, 11) is 1.19. The number of anilines is 1. The van der Waals surface area contributed by atoms with Gasteiger partial charge in [0.05, 0.1) is 18.5 Å². The molecule has 0 aliphatic carbocycles. The molecular weight excluding hydrogens is 434 g/mol. The smallest absolute Gasteiger partial charge is 0.435 e. The van der Waals surface area contributed by atoms with Gasteiger partial charge < -0.3 is 9.57 Å². The summed E-state index contributed by atoms with van der Waals surface area (Å²) in [4.78, 5) is 16.1. The van der Waals surface area contributed by atoms with E-state index in [1.807, 2.05) is 0 Å². The molecule has 1 heterocycles. The van der Waals surface area contributed by atoms with Gasteiger partial charge in [0.15, 0.2) is 0 Å². The number of methoxy groups -OCH3 is 1. The van der Waals surface area contributed by atoms with E-state index in [-0.39, 0.29) is 21.3 Å². The number of hydrazine groups is 1. The summed E-state index contributed by atoms with van der Waals surface area (Å²) in [5, 5.41) is 3.78. The van der Waals surface area contributed by atoms with Gasteiger partial charge in [0.1, 0.15) is 0 Å². The number of carbonyl (C=O) groups is 1. The molecule has 0 saturated carbocycles. The van der Waals surface area contributed by atoms with E-state index in [0.717, 1.165) is 12.1 Å². The number of amides is 1. The van der Waals surface area contributed by atoms with Gasteiger partial charge >= 0.3 is 12.3 Å². The lowest BCUT2D eigenvalue weighted by molar-refractivity contribution is -0.275. The predicted molar refractivity (Wildman–Crippen MR) is 102 cm³/mol. The fourth-order valence-corrected chi connectivity index (χ4v) is 3.32. The minimum atomic E-state index is -4.78. The molecule has 1 unspecified atom stereocenters. The number of hydrogen-bond donors (Lipinski definition) is 2. The number of rotatable bonds is 4. The van der Waals surface area contributed by atoms with Gasteiger partial charge in [0, 0.05) is 27.6 Å². The third-order valence-electron chi connectivity index (χ3n) is 4.20. The Morgan fingerprint density at radius 3 is 2.52 bits per heavy atom. The van der Waals surface area contributed by atoms with Gasteiger partial charge in [-0.1, -0.05) is 40.5 Å². The molecule has 0 spiro atoms. The molecule has 2 aromatic rings. The summed E-state index contributed by atoms with van der Waals surface area (Å²) in [5.74, 6) is 0. The van der Waals surface area contributed by atoms with Gasteiger partial charge in [-0.25, -0.2) is 10.2 Å². The number of nitrogens with zero attached hydrogens (tertiary/aromatic N) is 1. The first-order valence-electron chi connectivity index (χ1n) is 8.13. The fraction of sp³-hybridized carbons (Fsp3) is 0.222. The zero-order chi connectivity index (χ0) is 21.2. The highest BCUT2D eigenvalue weighted by Crippen LogP contribution is 2.49. The molecule has 0 fully saturated rings. The average molecular weight is 448 g/mol. The molecule has 6 nitrogen and oxygen atoms in total. The van der Waals surface area contributed by atoms with Crippen LogP contribution in [0, 0.1) is 0 Å². The molecule has 1 aliphatic heterocycles. The van der Waals surface area contributed by atoms with Crippen molar-refractivity contribution in [2.45, 2.75) is 18.2 Å². The van der Waals surface area contributed by atoms with Crippen molar-refractivity contribution in [3.8, 4) is 0 Å². The standard InChI is InChI=1S/C18H14Cl2F3N3O3/c1-28-16(27)25-24-14-4-2-3-10(5-14)15-9-17(29-26-15,18(21,22)23)11-6-12(19)8-13(20)7-11/h2-8,24H,9H2,1H3,(H,25,27). The maximum absolute atomic E-state index is 14.0. The van der Waals surface area contributed by atoms with Crippen molar-refractivity contribution in [1.29, 1.82) is 0 Å². The Morgan fingerprint density at radius 2 is 1.90 bits per heavy atom. The van der Waals surface area contributed by atoms with E-state index in [4.69, 9.17) is 28.0 Å². The SMILES string of the molecule is COC(=O)NNc1cccc(C2=NOC(c3cc(Cl)cc(Cl)c3)(C(F)(F)F)C2)c1. The first-order chi connectivity index (χ1) is 13.6. The normalized spacial score (nSPS) is 18.6. The van der Waals surface area contributed by atoms with E-state index in [1.54, 1.807) is 18.2 Å². The highest BCUT2D eigenvalue weighted by atomic mass is 35.5. The van der Waals surface area contributed by atoms with Gasteiger partial charge in [0.2, 0.25) is 0 Å². The molecule has 154 valence electrons. The van der Waals surface area contributed by atoms with Crippen molar-refractivity contribution in [3.05, 3.63) is 63.6 Å². The van der Waals surface area contributed by atoms with Gasteiger partial charge in [-0.15, -0.1) is 0 Å². The lowest BCUT2D eigenvalue weighted by Crippen LogP contribution is -2.42. The van der Waals surface area contributed by atoms with Crippen LogP contribution < -0.4 is 10.9 Å².